The summed E-state index contributed by atoms with van der Waals surface area (Å²) in [6.07, 6.45) is 1.40. The van der Waals surface area contributed by atoms with E-state index in [1.165, 1.54) is 22.9 Å². The second-order valence-electron chi connectivity index (χ2n) is 4.13. The highest BCUT2D eigenvalue weighted by Crippen LogP contribution is 2.13. The Hall–Kier alpha value is -3.07. The molecule has 2 rings (SSSR count). The molecular formula is C14H12N4O2. The van der Waals surface area contributed by atoms with E-state index in [1.54, 1.807) is 24.3 Å². The summed E-state index contributed by atoms with van der Waals surface area (Å²) in [5, 5.41) is 11.5. The Kier molecular flexibility index (Phi) is 3.82. The molecule has 1 aromatic heterocycles. The molecule has 6 nitrogen and oxygen atoms in total. The number of pyridine rings is 1. The van der Waals surface area contributed by atoms with Crippen LogP contribution in [0.1, 0.15) is 5.56 Å². The predicted octanol–water partition coefficient (Wildman–Crippen LogP) is 0.941. The molecule has 0 aliphatic carbocycles. The molecule has 3 N–H and O–H groups in total. The van der Waals surface area contributed by atoms with Gasteiger partial charge < -0.3 is 15.6 Å². The highest BCUT2D eigenvalue weighted by atomic mass is 16.2. The summed E-state index contributed by atoms with van der Waals surface area (Å²) in [6.45, 7) is -0.163. The second-order valence-corrected chi connectivity index (χ2v) is 4.13. The van der Waals surface area contributed by atoms with Gasteiger partial charge in [-0.2, -0.15) is 5.26 Å². The van der Waals surface area contributed by atoms with Crippen molar-refractivity contribution in [2.24, 2.45) is 0 Å². The summed E-state index contributed by atoms with van der Waals surface area (Å²) in [7, 11) is 0. The van der Waals surface area contributed by atoms with Gasteiger partial charge in [0.2, 0.25) is 5.91 Å². The summed E-state index contributed by atoms with van der Waals surface area (Å²) >= 11 is 0. The summed E-state index contributed by atoms with van der Waals surface area (Å²) in [5.74, 6) is -0.402. The fourth-order valence-electron chi connectivity index (χ4n) is 1.71. The molecule has 0 unspecified atom stereocenters. The van der Waals surface area contributed by atoms with Crippen molar-refractivity contribution in [3.63, 3.8) is 0 Å². The number of anilines is 2. The zero-order valence-electron chi connectivity index (χ0n) is 10.5. The van der Waals surface area contributed by atoms with E-state index in [0.29, 0.717) is 16.9 Å². The van der Waals surface area contributed by atoms with Crippen molar-refractivity contribution < 1.29 is 4.79 Å². The molecule has 1 heterocycles. The second kappa shape index (κ2) is 5.71. The summed E-state index contributed by atoms with van der Waals surface area (Å²) in [5.41, 5.74) is 6.42. The lowest BCUT2D eigenvalue weighted by molar-refractivity contribution is -0.116. The van der Waals surface area contributed by atoms with E-state index in [-0.39, 0.29) is 12.1 Å². The third kappa shape index (κ3) is 3.03. The smallest absolute Gasteiger partial charge is 0.251 e. The highest BCUT2D eigenvalue weighted by Gasteiger charge is 2.08. The number of carbonyl (C=O) groups excluding carboxylic acids is 1. The highest BCUT2D eigenvalue weighted by molar-refractivity contribution is 5.91. The largest absolute Gasteiger partial charge is 0.398 e. The first-order chi connectivity index (χ1) is 9.60. The number of hydrogen-bond donors (Lipinski definition) is 2. The molecule has 0 fully saturated rings. The van der Waals surface area contributed by atoms with Crippen molar-refractivity contribution in [1.29, 1.82) is 5.26 Å². The number of nitrogens with zero attached hydrogens (tertiary/aromatic N) is 2. The van der Waals surface area contributed by atoms with Crippen LogP contribution in [0, 0.1) is 11.3 Å². The van der Waals surface area contributed by atoms with Crippen LogP contribution in [-0.4, -0.2) is 10.5 Å². The van der Waals surface area contributed by atoms with Crippen LogP contribution in [0.15, 0.2) is 47.4 Å². The van der Waals surface area contributed by atoms with Crippen LogP contribution in [0.4, 0.5) is 11.4 Å². The minimum atomic E-state index is -0.402. The number of benzene rings is 1. The van der Waals surface area contributed by atoms with Gasteiger partial charge in [-0.25, -0.2) is 0 Å². The van der Waals surface area contributed by atoms with Crippen LogP contribution in [-0.2, 0) is 11.3 Å². The third-order valence-electron chi connectivity index (χ3n) is 2.64. The fourth-order valence-corrected chi connectivity index (χ4v) is 1.71. The normalized spacial score (nSPS) is 9.75. The van der Waals surface area contributed by atoms with Crippen molar-refractivity contribution in [3.8, 4) is 6.07 Å². The molecule has 100 valence electrons. The lowest BCUT2D eigenvalue weighted by Crippen LogP contribution is -2.27. The van der Waals surface area contributed by atoms with Crippen LogP contribution < -0.4 is 16.6 Å². The number of aromatic nitrogens is 1. The quantitative estimate of drug-likeness (QED) is 0.865. The number of nitriles is 1. The number of nitrogens with two attached hydrogens (primary N) is 1. The van der Waals surface area contributed by atoms with Crippen molar-refractivity contribution >= 4 is 17.3 Å². The Bertz CT molecular complexity index is 743. The van der Waals surface area contributed by atoms with E-state index in [0.717, 1.165) is 0 Å². The fraction of sp³-hybridized carbons (Fsp3) is 0.0714. The number of carbonyl (C=O) groups is 1. The van der Waals surface area contributed by atoms with Gasteiger partial charge in [0, 0.05) is 18.0 Å². The molecule has 0 aliphatic heterocycles. The van der Waals surface area contributed by atoms with Crippen LogP contribution >= 0.6 is 0 Å². The van der Waals surface area contributed by atoms with Crippen molar-refractivity contribution in [2.75, 3.05) is 11.1 Å². The molecule has 0 bridgehead atoms. The average Bonchev–Trinajstić information content (AvgIpc) is 2.43. The first kappa shape index (κ1) is 13.4. The van der Waals surface area contributed by atoms with E-state index in [1.807, 2.05) is 6.07 Å². The summed E-state index contributed by atoms with van der Waals surface area (Å²) < 4.78 is 1.21. The number of para-hydroxylation sites is 1. The first-order valence-electron chi connectivity index (χ1n) is 5.85. The van der Waals surface area contributed by atoms with Gasteiger partial charge in [-0.3, -0.25) is 9.59 Å². The Morgan fingerprint density at radius 1 is 1.30 bits per heavy atom. The molecular weight excluding hydrogens is 256 g/mol. The van der Waals surface area contributed by atoms with E-state index in [4.69, 9.17) is 11.0 Å². The maximum atomic E-state index is 11.9. The molecule has 20 heavy (non-hydrogen) atoms. The first-order valence-corrected chi connectivity index (χ1v) is 5.85. The average molecular weight is 268 g/mol. The number of rotatable bonds is 3. The summed E-state index contributed by atoms with van der Waals surface area (Å²) in [4.78, 5) is 23.4. The Morgan fingerprint density at radius 3 is 2.80 bits per heavy atom. The summed E-state index contributed by atoms with van der Waals surface area (Å²) in [6, 6.07) is 11.4. The number of amides is 1. The molecule has 0 atom stereocenters. The Labute approximate surface area is 115 Å². The number of hydrogen-bond acceptors (Lipinski definition) is 4. The van der Waals surface area contributed by atoms with Gasteiger partial charge in [0.15, 0.2) is 0 Å². The number of nitrogen functional groups attached to an aromatic ring is 1. The Morgan fingerprint density at radius 2 is 2.05 bits per heavy atom. The molecule has 0 spiro atoms. The molecule has 0 radical (unpaired) electrons. The minimum Gasteiger partial charge on any atom is -0.398 e. The number of nitrogens with one attached hydrogen (secondary N) is 1. The maximum Gasteiger partial charge on any atom is 0.251 e. The molecule has 0 aliphatic rings. The third-order valence-corrected chi connectivity index (χ3v) is 2.64. The van der Waals surface area contributed by atoms with Crippen LogP contribution in [0.3, 0.4) is 0 Å². The van der Waals surface area contributed by atoms with Crippen molar-refractivity contribution in [2.45, 2.75) is 6.54 Å². The van der Waals surface area contributed by atoms with Gasteiger partial charge in [-0.05, 0) is 18.2 Å². The van der Waals surface area contributed by atoms with Crippen molar-refractivity contribution in [1.82, 2.24) is 4.57 Å². The van der Waals surface area contributed by atoms with Gasteiger partial charge in [-0.15, -0.1) is 0 Å². The van der Waals surface area contributed by atoms with E-state index < -0.39 is 5.91 Å². The van der Waals surface area contributed by atoms with Crippen LogP contribution in [0.5, 0.6) is 0 Å². The monoisotopic (exact) mass is 268 g/mol. The standard InChI is InChI=1S/C14H12N4O2/c15-7-10-3-1-2-4-12(10)17-13(19)9-18-8-11(16)5-6-14(18)20/h1-6,8H,9,16H2,(H,17,19). The van der Waals surface area contributed by atoms with Gasteiger partial charge >= 0.3 is 0 Å². The van der Waals surface area contributed by atoms with Crippen LogP contribution in [0.25, 0.3) is 0 Å². The van der Waals surface area contributed by atoms with E-state index in [2.05, 4.69) is 5.32 Å². The molecule has 1 aromatic carbocycles. The van der Waals surface area contributed by atoms with Gasteiger partial charge in [-0.1, -0.05) is 12.1 Å². The molecule has 0 saturated carbocycles. The van der Waals surface area contributed by atoms with E-state index in [9.17, 15) is 9.59 Å². The zero-order chi connectivity index (χ0) is 14.5. The van der Waals surface area contributed by atoms with Gasteiger partial charge in [0.1, 0.15) is 12.6 Å². The molecule has 6 heteroatoms. The van der Waals surface area contributed by atoms with E-state index >= 15 is 0 Å². The zero-order valence-corrected chi connectivity index (χ0v) is 10.5. The minimum absolute atomic E-state index is 0.163. The SMILES string of the molecule is N#Cc1ccccc1NC(=O)Cn1cc(N)ccc1=O. The maximum absolute atomic E-state index is 11.9. The lowest BCUT2D eigenvalue weighted by Gasteiger charge is -2.08. The molecule has 2 aromatic rings. The predicted molar refractivity (Wildman–Crippen MR) is 74.9 cm³/mol. The van der Waals surface area contributed by atoms with Gasteiger partial charge in [0.25, 0.3) is 5.56 Å². The topological polar surface area (TPSA) is 101 Å². The molecule has 0 saturated heterocycles. The Balaban J connectivity index is 2.16. The molecule has 1 amide bonds. The lowest BCUT2D eigenvalue weighted by atomic mass is 10.2. The van der Waals surface area contributed by atoms with Crippen molar-refractivity contribution in [3.05, 3.63) is 58.5 Å². The van der Waals surface area contributed by atoms with Gasteiger partial charge in [0.05, 0.1) is 11.3 Å². The van der Waals surface area contributed by atoms with Crippen LogP contribution in [0.2, 0.25) is 0 Å².